The first kappa shape index (κ1) is 15.1. The van der Waals surface area contributed by atoms with E-state index in [9.17, 15) is 13.6 Å². The van der Waals surface area contributed by atoms with Gasteiger partial charge in [0.2, 0.25) is 5.88 Å². The Labute approximate surface area is 121 Å². The van der Waals surface area contributed by atoms with Crippen LogP contribution in [0.2, 0.25) is 0 Å². The Balaban J connectivity index is 2.10. The van der Waals surface area contributed by atoms with Crippen LogP contribution in [0.3, 0.4) is 0 Å². The molecule has 5 heteroatoms. The molecule has 0 bridgehead atoms. The van der Waals surface area contributed by atoms with Crippen molar-refractivity contribution in [3.63, 3.8) is 0 Å². The average molecular weight is 291 g/mol. The summed E-state index contributed by atoms with van der Waals surface area (Å²) in [5.74, 6) is -2.16. The van der Waals surface area contributed by atoms with Crippen LogP contribution >= 0.6 is 0 Å². The smallest absolute Gasteiger partial charge is 0.270 e. The maximum atomic E-state index is 13.1. The first-order valence-electron chi connectivity index (χ1n) is 6.55. The van der Waals surface area contributed by atoms with Crippen molar-refractivity contribution in [3.8, 4) is 11.6 Å². The van der Waals surface area contributed by atoms with Gasteiger partial charge in [-0.1, -0.05) is 6.92 Å². The summed E-state index contributed by atoms with van der Waals surface area (Å²) >= 11 is 0. The molecule has 0 unspecified atom stereocenters. The van der Waals surface area contributed by atoms with Crippen molar-refractivity contribution in [2.24, 2.45) is 0 Å². The lowest BCUT2D eigenvalue weighted by Gasteiger charge is -2.11. The number of pyridine rings is 1. The lowest BCUT2D eigenvalue weighted by Crippen LogP contribution is -2.06. The van der Waals surface area contributed by atoms with Crippen LogP contribution in [0, 0.1) is 0 Å². The van der Waals surface area contributed by atoms with Gasteiger partial charge >= 0.3 is 0 Å². The normalized spacial score (nSPS) is 11.2. The first-order valence-corrected chi connectivity index (χ1v) is 6.55. The second-order valence-electron chi connectivity index (χ2n) is 4.68. The Morgan fingerprint density at radius 2 is 1.86 bits per heavy atom. The Bertz CT molecular complexity index is 616. The molecule has 0 radical (unpaired) electrons. The van der Waals surface area contributed by atoms with Gasteiger partial charge in [-0.15, -0.1) is 0 Å². The number of halogens is 2. The van der Waals surface area contributed by atoms with Crippen molar-refractivity contribution in [1.29, 1.82) is 0 Å². The highest BCUT2D eigenvalue weighted by Gasteiger charge is 2.23. The summed E-state index contributed by atoms with van der Waals surface area (Å²) in [6.45, 7) is 2.62. The molecule has 1 aromatic heterocycles. The van der Waals surface area contributed by atoms with Crippen LogP contribution in [-0.4, -0.2) is 10.8 Å². The molecule has 1 heterocycles. The summed E-state index contributed by atoms with van der Waals surface area (Å²) in [6, 6.07) is 8.74. The van der Waals surface area contributed by atoms with Crippen molar-refractivity contribution in [2.45, 2.75) is 26.2 Å². The number of alkyl halides is 2. The summed E-state index contributed by atoms with van der Waals surface area (Å²) in [4.78, 5) is 15.5. The minimum absolute atomic E-state index is 0.00331. The number of aromatic nitrogens is 1. The topological polar surface area (TPSA) is 39.2 Å². The number of nitrogens with zero attached hydrogens (tertiary/aromatic N) is 1. The number of Topliss-reactive ketones (excluding diaryl/α,β-unsaturated/α-hetero) is 1. The minimum atomic E-state index is -2.88. The summed E-state index contributed by atoms with van der Waals surface area (Å²) in [7, 11) is 0. The standard InChI is InChI=1S/C16H15F2NO2/c1-3-14(20)11-4-9-15(19-10-11)21-13-7-5-12(6-8-13)16(2,17)18/h4-10H,3H2,1-2H3. The Morgan fingerprint density at radius 3 is 2.33 bits per heavy atom. The number of benzene rings is 1. The summed E-state index contributed by atoms with van der Waals surface area (Å²) in [5, 5.41) is 0. The van der Waals surface area contributed by atoms with Crippen LogP contribution in [-0.2, 0) is 5.92 Å². The molecule has 2 aromatic rings. The third-order valence-corrected chi connectivity index (χ3v) is 2.96. The average Bonchev–Trinajstić information content (AvgIpc) is 2.47. The van der Waals surface area contributed by atoms with Crippen LogP contribution in [0.1, 0.15) is 36.2 Å². The number of rotatable bonds is 5. The molecule has 0 atom stereocenters. The van der Waals surface area contributed by atoms with Gasteiger partial charge in [-0.05, 0) is 30.3 Å². The van der Waals surface area contributed by atoms with Crippen molar-refractivity contribution in [3.05, 3.63) is 53.7 Å². The molecule has 0 aliphatic carbocycles. The number of ether oxygens (including phenoxy) is 1. The first-order chi connectivity index (χ1) is 9.90. The van der Waals surface area contributed by atoms with Gasteiger partial charge in [0, 0.05) is 36.7 Å². The van der Waals surface area contributed by atoms with Gasteiger partial charge in [-0.3, -0.25) is 4.79 Å². The van der Waals surface area contributed by atoms with Gasteiger partial charge in [-0.25, -0.2) is 13.8 Å². The van der Waals surface area contributed by atoms with Crippen LogP contribution in [0.15, 0.2) is 42.6 Å². The van der Waals surface area contributed by atoms with Gasteiger partial charge < -0.3 is 4.74 Å². The lowest BCUT2D eigenvalue weighted by atomic mass is 10.1. The largest absolute Gasteiger partial charge is 0.439 e. The molecule has 110 valence electrons. The number of carbonyl (C=O) groups excluding carboxylic acids is 1. The van der Waals surface area contributed by atoms with Crippen LogP contribution < -0.4 is 4.74 Å². The van der Waals surface area contributed by atoms with Gasteiger partial charge in [0.1, 0.15) is 5.75 Å². The molecular formula is C16H15F2NO2. The number of hydrogen-bond donors (Lipinski definition) is 0. The number of carbonyl (C=O) groups is 1. The monoisotopic (exact) mass is 291 g/mol. The van der Waals surface area contributed by atoms with Crippen LogP contribution in [0.4, 0.5) is 8.78 Å². The molecule has 0 amide bonds. The SMILES string of the molecule is CCC(=O)c1ccc(Oc2ccc(C(C)(F)F)cc2)nc1. The van der Waals surface area contributed by atoms with E-state index in [0.29, 0.717) is 23.6 Å². The molecule has 0 saturated carbocycles. The van der Waals surface area contributed by atoms with Gasteiger partial charge in [-0.2, -0.15) is 0 Å². The molecule has 0 fully saturated rings. The van der Waals surface area contributed by atoms with E-state index in [0.717, 1.165) is 6.92 Å². The molecule has 21 heavy (non-hydrogen) atoms. The van der Waals surface area contributed by atoms with Crippen molar-refractivity contribution in [2.75, 3.05) is 0 Å². The minimum Gasteiger partial charge on any atom is -0.439 e. The molecule has 0 N–H and O–H groups in total. The van der Waals surface area contributed by atoms with Crippen molar-refractivity contribution < 1.29 is 18.3 Å². The fourth-order valence-electron chi connectivity index (χ4n) is 1.75. The van der Waals surface area contributed by atoms with Gasteiger partial charge in [0.15, 0.2) is 5.78 Å². The second-order valence-corrected chi connectivity index (χ2v) is 4.68. The lowest BCUT2D eigenvalue weighted by molar-refractivity contribution is 0.0174. The van der Waals surface area contributed by atoms with Crippen molar-refractivity contribution >= 4 is 5.78 Å². The fraction of sp³-hybridized carbons (Fsp3) is 0.250. The molecule has 0 saturated heterocycles. The van der Waals surface area contributed by atoms with E-state index in [2.05, 4.69) is 4.98 Å². The summed E-state index contributed by atoms with van der Waals surface area (Å²) in [5.41, 5.74) is 0.442. The number of ketones is 1. The third-order valence-electron chi connectivity index (χ3n) is 2.96. The van der Waals surface area contributed by atoms with Crippen LogP contribution in [0.5, 0.6) is 11.6 Å². The van der Waals surface area contributed by atoms with E-state index in [1.807, 2.05) is 0 Å². The zero-order chi connectivity index (χ0) is 15.5. The molecule has 0 aliphatic rings. The number of hydrogen-bond acceptors (Lipinski definition) is 3. The predicted molar refractivity (Wildman–Crippen MR) is 74.9 cm³/mol. The highest BCUT2D eigenvalue weighted by molar-refractivity contribution is 5.95. The quantitative estimate of drug-likeness (QED) is 0.757. The van der Waals surface area contributed by atoms with E-state index in [4.69, 9.17) is 4.74 Å². The molecule has 3 nitrogen and oxygen atoms in total. The summed E-state index contributed by atoms with van der Waals surface area (Å²) in [6.07, 6.45) is 1.85. The van der Waals surface area contributed by atoms with E-state index in [1.54, 1.807) is 19.1 Å². The molecule has 0 aliphatic heterocycles. The Morgan fingerprint density at radius 1 is 1.19 bits per heavy atom. The second kappa shape index (κ2) is 5.99. The van der Waals surface area contributed by atoms with Crippen molar-refractivity contribution in [1.82, 2.24) is 4.98 Å². The van der Waals surface area contributed by atoms with Crippen LogP contribution in [0.25, 0.3) is 0 Å². The van der Waals surface area contributed by atoms with E-state index in [-0.39, 0.29) is 11.3 Å². The molecule has 2 rings (SSSR count). The maximum Gasteiger partial charge on any atom is 0.270 e. The maximum absolute atomic E-state index is 13.1. The molecular weight excluding hydrogens is 276 g/mol. The third kappa shape index (κ3) is 3.84. The van der Waals surface area contributed by atoms with E-state index < -0.39 is 5.92 Å². The van der Waals surface area contributed by atoms with E-state index in [1.165, 1.54) is 30.5 Å². The van der Waals surface area contributed by atoms with Gasteiger partial charge in [0.25, 0.3) is 5.92 Å². The highest BCUT2D eigenvalue weighted by atomic mass is 19.3. The predicted octanol–water partition coefficient (Wildman–Crippen LogP) is 4.58. The summed E-state index contributed by atoms with van der Waals surface area (Å²) < 4.78 is 31.6. The Kier molecular flexibility index (Phi) is 4.31. The molecule has 1 aromatic carbocycles. The molecule has 0 spiro atoms. The zero-order valence-corrected chi connectivity index (χ0v) is 11.8. The fourth-order valence-corrected chi connectivity index (χ4v) is 1.75. The van der Waals surface area contributed by atoms with Gasteiger partial charge in [0.05, 0.1) is 0 Å². The zero-order valence-electron chi connectivity index (χ0n) is 11.8. The Hall–Kier alpha value is -2.30. The highest BCUT2D eigenvalue weighted by Crippen LogP contribution is 2.29. The van der Waals surface area contributed by atoms with E-state index >= 15 is 0 Å².